The van der Waals surface area contributed by atoms with Gasteiger partial charge in [0.25, 0.3) is 0 Å². The first-order valence-electron chi connectivity index (χ1n) is 11.2. The topological polar surface area (TPSA) is 50.7 Å². The molecular formula is C26H32N4O2. The maximum Gasteiger partial charge on any atom is 0.132 e. The van der Waals surface area contributed by atoms with Crippen molar-refractivity contribution in [1.82, 2.24) is 14.9 Å². The Morgan fingerprint density at radius 3 is 2.69 bits per heavy atom. The minimum absolute atomic E-state index is 0.0204. The Morgan fingerprint density at radius 2 is 1.91 bits per heavy atom. The summed E-state index contributed by atoms with van der Waals surface area (Å²) in [6.45, 7) is 5.96. The van der Waals surface area contributed by atoms with Crippen molar-refractivity contribution in [2.45, 2.75) is 26.0 Å². The van der Waals surface area contributed by atoms with Crippen LogP contribution in [0.5, 0.6) is 5.75 Å². The van der Waals surface area contributed by atoms with E-state index >= 15 is 0 Å². The van der Waals surface area contributed by atoms with Crippen LogP contribution in [0, 0.1) is 0 Å². The van der Waals surface area contributed by atoms with E-state index in [2.05, 4.69) is 39.0 Å². The standard InChI is InChI=1S/C26H32N4O2/c1-4-31-24-10-6-5-8-21(24)16-20-11-12-23(28-17-20)25-19-30(14-15-32-25)18-22-9-7-13-27-26(22)29(2)3/h5-13,17,25H,4,14-16,18-19H2,1-3H3/t25-/m1/s1. The monoisotopic (exact) mass is 432 g/mol. The number of para-hydroxylation sites is 1. The zero-order chi connectivity index (χ0) is 22.3. The van der Waals surface area contributed by atoms with Gasteiger partial charge in [-0.15, -0.1) is 0 Å². The number of nitrogens with zero attached hydrogens (tertiary/aromatic N) is 4. The molecule has 1 aromatic carbocycles. The van der Waals surface area contributed by atoms with Crippen LogP contribution in [0.1, 0.15) is 35.4 Å². The molecule has 6 nitrogen and oxygen atoms in total. The lowest BCUT2D eigenvalue weighted by atomic mass is 10.0. The number of hydrogen-bond acceptors (Lipinski definition) is 6. The molecule has 0 spiro atoms. The summed E-state index contributed by atoms with van der Waals surface area (Å²) < 4.78 is 11.8. The van der Waals surface area contributed by atoms with Crippen LogP contribution in [0.25, 0.3) is 0 Å². The van der Waals surface area contributed by atoms with Gasteiger partial charge in [0.1, 0.15) is 17.7 Å². The van der Waals surface area contributed by atoms with E-state index < -0.39 is 0 Å². The molecule has 0 saturated carbocycles. The number of benzene rings is 1. The molecule has 0 unspecified atom stereocenters. The summed E-state index contributed by atoms with van der Waals surface area (Å²) in [5.74, 6) is 1.96. The molecule has 2 aromatic heterocycles. The highest BCUT2D eigenvalue weighted by molar-refractivity contribution is 5.45. The molecule has 1 aliphatic heterocycles. The number of pyridine rings is 2. The quantitative estimate of drug-likeness (QED) is 0.534. The van der Waals surface area contributed by atoms with E-state index in [4.69, 9.17) is 14.5 Å². The van der Waals surface area contributed by atoms with Crippen molar-refractivity contribution >= 4 is 5.82 Å². The highest BCUT2D eigenvalue weighted by atomic mass is 16.5. The van der Waals surface area contributed by atoms with Gasteiger partial charge in [0, 0.05) is 58.1 Å². The normalized spacial score (nSPS) is 16.7. The number of anilines is 1. The fourth-order valence-corrected chi connectivity index (χ4v) is 4.12. The maximum atomic E-state index is 6.07. The Hall–Kier alpha value is -2.96. The molecule has 1 saturated heterocycles. The first kappa shape index (κ1) is 22.2. The highest BCUT2D eigenvalue weighted by Crippen LogP contribution is 2.25. The third kappa shape index (κ3) is 5.44. The van der Waals surface area contributed by atoms with Gasteiger partial charge in [-0.3, -0.25) is 9.88 Å². The molecule has 32 heavy (non-hydrogen) atoms. The Bertz CT molecular complexity index is 1010. The molecule has 3 heterocycles. The van der Waals surface area contributed by atoms with Crippen molar-refractivity contribution in [3.05, 3.63) is 83.3 Å². The number of ether oxygens (including phenoxy) is 2. The van der Waals surface area contributed by atoms with Gasteiger partial charge < -0.3 is 14.4 Å². The third-order valence-corrected chi connectivity index (χ3v) is 5.68. The molecule has 168 valence electrons. The van der Waals surface area contributed by atoms with Crippen molar-refractivity contribution < 1.29 is 9.47 Å². The average molecular weight is 433 g/mol. The van der Waals surface area contributed by atoms with Gasteiger partial charge in [0.2, 0.25) is 0 Å². The Labute approximate surface area is 190 Å². The predicted octanol–water partition coefficient (Wildman–Crippen LogP) is 4.11. The molecule has 0 amide bonds. The second kappa shape index (κ2) is 10.6. The van der Waals surface area contributed by atoms with Crippen LogP contribution < -0.4 is 9.64 Å². The minimum atomic E-state index is -0.0204. The first-order chi connectivity index (χ1) is 15.6. The summed E-state index contributed by atoms with van der Waals surface area (Å²) in [5.41, 5.74) is 4.56. The van der Waals surface area contributed by atoms with Crippen molar-refractivity contribution in [3.8, 4) is 5.75 Å². The van der Waals surface area contributed by atoms with Crippen molar-refractivity contribution in [3.63, 3.8) is 0 Å². The first-order valence-corrected chi connectivity index (χ1v) is 11.2. The number of rotatable bonds is 8. The summed E-state index contributed by atoms with van der Waals surface area (Å²) in [4.78, 5) is 13.8. The summed E-state index contributed by atoms with van der Waals surface area (Å²) >= 11 is 0. The van der Waals surface area contributed by atoms with E-state index in [1.54, 1.807) is 0 Å². The van der Waals surface area contributed by atoms with E-state index in [1.807, 2.05) is 57.7 Å². The average Bonchev–Trinajstić information content (AvgIpc) is 2.81. The molecule has 4 rings (SSSR count). The van der Waals surface area contributed by atoms with E-state index in [9.17, 15) is 0 Å². The van der Waals surface area contributed by atoms with Gasteiger partial charge in [-0.05, 0) is 36.2 Å². The van der Waals surface area contributed by atoms with E-state index in [-0.39, 0.29) is 6.10 Å². The van der Waals surface area contributed by atoms with Crippen LogP contribution in [0.3, 0.4) is 0 Å². The van der Waals surface area contributed by atoms with Crippen LogP contribution in [-0.4, -0.2) is 55.3 Å². The molecule has 1 atom stereocenters. The maximum absolute atomic E-state index is 6.07. The number of morpholine rings is 1. The van der Waals surface area contributed by atoms with Crippen LogP contribution >= 0.6 is 0 Å². The molecule has 0 radical (unpaired) electrons. The lowest BCUT2D eigenvalue weighted by molar-refractivity contribution is -0.0349. The van der Waals surface area contributed by atoms with Crippen LogP contribution in [0.15, 0.2) is 60.9 Å². The van der Waals surface area contributed by atoms with Crippen molar-refractivity contribution in [1.29, 1.82) is 0 Å². The minimum Gasteiger partial charge on any atom is -0.494 e. The highest BCUT2D eigenvalue weighted by Gasteiger charge is 2.24. The van der Waals surface area contributed by atoms with Crippen molar-refractivity contribution in [2.75, 3.05) is 45.3 Å². The summed E-state index contributed by atoms with van der Waals surface area (Å²) in [7, 11) is 4.07. The summed E-state index contributed by atoms with van der Waals surface area (Å²) in [6, 6.07) is 16.6. The van der Waals surface area contributed by atoms with Gasteiger partial charge in [0.05, 0.1) is 18.9 Å². The lowest BCUT2D eigenvalue weighted by Crippen LogP contribution is -2.38. The van der Waals surface area contributed by atoms with E-state index in [0.29, 0.717) is 13.2 Å². The van der Waals surface area contributed by atoms with Gasteiger partial charge in [0.15, 0.2) is 0 Å². The second-order valence-corrected chi connectivity index (χ2v) is 8.28. The van der Waals surface area contributed by atoms with Crippen molar-refractivity contribution in [2.24, 2.45) is 0 Å². The summed E-state index contributed by atoms with van der Waals surface area (Å²) in [5, 5.41) is 0. The fraction of sp³-hybridized carbons (Fsp3) is 0.385. The van der Waals surface area contributed by atoms with E-state index in [1.165, 1.54) is 16.7 Å². The molecule has 1 fully saturated rings. The van der Waals surface area contributed by atoms with Gasteiger partial charge in [-0.1, -0.05) is 30.3 Å². The van der Waals surface area contributed by atoms with Crippen LogP contribution in [0.2, 0.25) is 0 Å². The van der Waals surface area contributed by atoms with Crippen LogP contribution in [-0.2, 0) is 17.7 Å². The Kier molecular flexibility index (Phi) is 7.35. The fourth-order valence-electron chi connectivity index (χ4n) is 4.12. The smallest absolute Gasteiger partial charge is 0.132 e. The van der Waals surface area contributed by atoms with Crippen LogP contribution in [0.4, 0.5) is 5.82 Å². The lowest BCUT2D eigenvalue weighted by Gasteiger charge is -2.33. The van der Waals surface area contributed by atoms with Gasteiger partial charge in [-0.2, -0.15) is 0 Å². The molecule has 6 heteroatoms. The zero-order valence-electron chi connectivity index (χ0n) is 19.2. The molecule has 0 N–H and O–H groups in total. The molecule has 3 aromatic rings. The molecule has 1 aliphatic rings. The Balaban J connectivity index is 1.41. The predicted molar refractivity (Wildman–Crippen MR) is 127 cm³/mol. The SMILES string of the molecule is CCOc1ccccc1Cc1ccc([C@H]2CN(Cc3cccnc3N(C)C)CCO2)nc1. The summed E-state index contributed by atoms with van der Waals surface area (Å²) in [6.07, 6.45) is 4.59. The Morgan fingerprint density at radius 1 is 1.06 bits per heavy atom. The second-order valence-electron chi connectivity index (χ2n) is 8.28. The van der Waals surface area contributed by atoms with Gasteiger partial charge in [-0.25, -0.2) is 4.98 Å². The molecule has 0 aliphatic carbocycles. The molecular weight excluding hydrogens is 400 g/mol. The number of aromatic nitrogens is 2. The molecule has 0 bridgehead atoms. The zero-order valence-corrected chi connectivity index (χ0v) is 19.2. The largest absolute Gasteiger partial charge is 0.494 e. The van der Waals surface area contributed by atoms with Gasteiger partial charge >= 0.3 is 0 Å². The third-order valence-electron chi connectivity index (χ3n) is 5.68. The van der Waals surface area contributed by atoms with E-state index in [0.717, 1.165) is 43.3 Å². The number of hydrogen-bond donors (Lipinski definition) is 0.